The van der Waals surface area contributed by atoms with Crippen LogP contribution in [0.3, 0.4) is 0 Å². The second-order valence-electron chi connectivity index (χ2n) is 6.12. The minimum Gasteiger partial charge on any atom is -0.361 e. The molecule has 29 heavy (non-hydrogen) atoms. The summed E-state index contributed by atoms with van der Waals surface area (Å²) < 4.78 is 45.7. The average molecular weight is 409 g/mol. The third-order valence-corrected chi connectivity index (χ3v) is 4.14. The number of aryl methyl sites for hydroxylation is 2. The van der Waals surface area contributed by atoms with E-state index in [4.69, 9.17) is 4.52 Å². The summed E-state index contributed by atoms with van der Waals surface area (Å²) >= 11 is 0. The van der Waals surface area contributed by atoms with Crippen molar-refractivity contribution in [3.63, 3.8) is 0 Å². The lowest BCUT2D eigenvalue weighted by molar-refractivity contribution is -0.389. The lowest BCUT2D eigenvalue weighted by atomic mass is 10.1. The van der Waals surface area contributed by atoms with E-state index in [-0.39, 0.29) is 29.4 Å². The van der Waals surface area contributed by atoms with Crippen LogP contribution in [0.2, 0.25) is 0 Å². The predicted molar refractivity (Wildman–Crippen MR) is 93.4 cm³/mol. The van der Waals surface area contributed by atoms with E-state index >= 15 is 0 Å². The van der Waals surface area contributed by atoms with Crippen molar-refractivity contribution >= 4 is 17.4 Å². The SMILES string of the molecule is Cc1onc(C(=O)Nc2ccccc2C(F)(F)F)c1Cn1nc([N+](=O)[O-])cc1C. The lowest BCUT2D eigenvalue weighted by Gasteiger charge is -2.13. The summed E-state index contributed by atoms with van der Waals surface area (Å²) in [6, 6.07) is 5.77. The molecule has 152 valence electrons. The highest BCUT2D eigenvalue weighted by Gasteiger charge is 2.34. The molecule has 0 radical (unpaired) electrons. The molecule has 0 atom stereocenters. The summed E-state index contributed by atoms with van der Waals surface area (Å²) in [4.78, 5) is 22.8. The molecule has 0 saturated carbocycles. The molecule has 12 heteroatoms. The van der Waals surface area contributed by atoms with Crippen molar-refractivity contribution in [2.45, 2.75) is 26.6 Å². The Bertz CT molecular complexity index is 1090. The maximum atomic E-state index is 13.1. The zero-order chi connectivity index (χ0) is 21.3. The fraction of sp³-hybridized carbons (Fsp3) is 0.235. The Hall–Kier alpha value is -3.70. The molecule has 0 aliphatic carbocycles. The topological polar surface area (TPSA) is 116 Å². The van der Waals surface area contributed by atoms with Crippen LogP contribution in [0.25, 0.3) is 0 Å². The van der Waals surface area contributed by atoms with Crippen LogP contribution in [0, 0.1) is 24.0 Å². The second kappa shape index (κ2) is 7.37. The average Bonchev–Trinajstić information content (AvgIpc) is 3.18. The molecule has 2 heterocycles. The Morgan fingerprint density at radius 1 is 1.31 bits per heavy atom. The molecule has 1 N–H and O–H groups in total. The molecule has 0 fully saturated rings. The fourth-order valence-corrected chi connectivity index (χ4v) is 2.67. The van der Waals surface area contributed by atoms with Gasteiger partial charge in [-0.15, -0.1) is 0 Å². The zero-order valence-corrected chi connectivity index (χ0v) is 15.1. The molecule has 3 rings (SSSR count). The van der Waals surface area contributed by atoms with E-state index in [1.54, 1.807) is 6.92 Å². The highest BCUT2D eigenvalue weighted by molar-refractivity contribution is 6.04. The summed E-state index contributed by atoms with van der Waals surface area (Å²) in [6.07, 6.45) is -4.66. The Labute approximate surface area is 161 Å². The van der Waals surface area contributed by atoms with Gasteiger partial charge in [-0.25, -0.2) is 0 Å². The fourth-order valence-electron chi connectivity index (χ4n) is 2.67. The third-order valence-electron chi connectivity index (χ3n) is 4.14. The number of nitrogens with one attached hydrogen (secondary N) is 1. The van der Waals surface area contributed by atoms with Crippen LogP contribution in [0.5, 0.6) is 0 Å². The Balaban J connectivity index is 1.90. The number of alkyl halides is 3. The Morgan fingerprint density at radius 3 is 2.62 bits per heavy atom. The van der Waals surface area contributed by atoms with E-state index < -0.39 is 28.3 Å². The summed E-state index contributed by atoms with van der Waals surface area (Å²) in [7, 11) is 0. The number of para-hydroxylation sites is 1. The van der Waals surface area contributed by atoms with E-state index in [0.717, 1.165) is 12.1 Å². The molecule has 0 aliphatic rings. The number of carbonyl (C=O) groups is 1. The highest BCUT2D eigenvalue weighted by atomic mass is 19.4. The third kappa shape index (κ3) is 4.10. The van der Waals surface area contributed by atoms with Crippen molar-refractivity contribution in [3.8, 4) is 0 Å². The molecule has 0 spiro atoms. The number of nitro groups is 1. The van der Waals surface area contributed by atoms with Crippen molar-refractivity contribution in [2.75, 3.05) is 5.32 Å². The summed E-state index contributed by atoms with van der Waals surface area (Å²) in [5.41, 5.74) is -0.979. The molecule has 0 saturated heterocycles. The largest absolute Gasteiger partial charge is 0.418 e. The molecule has 0 unspecified atom stereocenters. The van der Waals surface area contributed by atoms with Gasteiger partial charge in [-0.05, 0) is 30.9 Å². The number of halogens is 3. The minimum absolute atomic E-state index is 0.0846. The molecule has 9 nitrogen and oxygen atoms in total. The van der Waals surface area contributed by atoms with E-state index in [2.05, 4.69) is 15.6 Å². The van der Waals surface area contributed by atoms with Crippen LogP contribution < -0.4 is 5.32 Å². The van der Waals surface area contributed by atoms with Gasteiger partial charge in [-0.3, -0.25) is 4.79 Å². The van der Waals surface area contributed by atoms with Crippen molar-refractivity contribution in [1.29, 1.82) is 0 Å². The van der Waals surface area contributed by atoms with Crippen molar-refractivity contribution < 1.29 is 27.4 Å². The van der Waals surface area contributed by atoms with Gasteiger partial charge in [0, 0.05) is 0 Å². The minimum atomic E-state index is -4.66. The number of hydrogen-bond donors (Lipinski definition) is 1. The molecule has 1 amide bonds. The quantitative estimate of drug-likeness (QED) is 0.507. The van der Waals surface area contributed by atoms with Crippen LogP contribution >= 0.6 is 0 Å². The van der Waals surface area contributed by atoms with Gasteiger partial charge >= 0.3 is 12.0 Å². The van der Waals surface area contributed by atoms with Gasteiger partial charge in [0.05, 0.1) is 40.2 Å². The number of hydrogen-bond acceptors (Lipinski definition) is 6. The van der Waals surface area contributed by atoms with Gasteiger partial charge in [0.2, 0.25) is 0 Å². The van der Waals surface area contributed by atoms with Crippen LogP contribution in [0.15, 0.2) is 34.9 Å². The van der Waals surface area contributed by atoms with Gasteiger partial charge < -0.3 is 20.0 Å². The van der Waals surface area contributed by atoms with Gasteiger partial charge in [-0.1, -0.05) is 17.3 Å². The first-order valence-electron chi connectivity index (χ1n) is 8.19. The van der Waals surface area contributed by atoms with Crippen molar-refractivity contribution in [1.82, 2.24) is 14.9 Å². The monoisotopic (exact) mass is 409 g/mol. The van der Waals surface area contributed by atoms with E-state index in [1.165, 1.54) is 29.8 Å². The number of carbonyl (C=O) groups excluding carboxylic acids is 1. The molecular formula is C17H14F3N5O4. The van der Waals surface area contributed by atoms with E-state index in [0.29, 0.717) is 5.69 Å². The number of amides is 1. The lowest BCUT2D eigenvalue weighted by Crippen LogP contribution is -2.19. The van der Waals surface area contributed by atoms with Crippen molar-refractivity contribution in [2.24, 2.45) is 0 Å². The Kier molecular flexibility index (Phi) is 5.10. The van der Waals surface area contributed by atoms with Gasteiger partial charge in [0.1, 0.15) is 5.76 Å². The zero-order valence-electron chi connectivity index (χ0n) is 15.1. The first-order valence-corrected chi connectivity index (χ1v) is 8.19. The maximum Gasteiger partial charge on any atom is 0.418 e. The van der Waals surface area contributed by atoms with Gasteiger partial charge in [0.15, 0.2) is 5.69 Å². The molecule has 0 bridgehead atoms. The van der Waals surface area contributed by atoms with Gasteiger partial charge in [0.25, 0.3) is 5.91 Å². The standard InChI is InChI=1S/C17H14F3N5O4/c1-9-7-14(25(27)28)22-24(9)8-11-10(2)29-23-15(11)16(26)21-13-6-4-3-5-12(13)17(18,19)20/h3-7H,8H2,1-2H3,(H,21,26). The number of nitrogens with zero attached hydrogens (tertiary/aromatic N) is 4. The highest BCUT2D eigenvalue weighted by Crippen LogP contribution is 2.34. The van der Waals surface area contributed by atoms with Crippen LogP contribution in [-0.2, 0) is 12.7 Å². The Morgan fingerprint density at radius 2 is 2.00 bits per heavy atom. The van der Waals surface area contributed by atoms with Crippen molar-refractivity contribution in [3.05, 3.63) is 68.7 Å². The number of rotatable bonds is 5. The molecule has 1 aromatic carbocycles. The number of aromatic nitrogens is 3. The molecule has 2 aromatic heterocycles. The summed E-state index contributed by atoms with van der Waals surface area (Å²) in [6.45, 7) is 3.01. The van der Waals surface area contributed by atoms with Crippen LogP contribution in [0.1, 0.15) is 33.1 Å². The molecule has 3 aromatic rings. The van der Waals surface area contributed by atoms with E-state index in [1.807, 2.05) is 0 Å². The summed E-state index contributed by atoms with van der Waals surface area (Å²) in [5.74, 6) is -1.05. The van der Waals surface area contributed by atoms with Crippen LogP contribution in [0.4, 0.5) is 24.7 Å². The molecule has 0 aliphatic heterocycles. The van der Waals surface area contributed by atoms with E-state index in [9.17, 15) is 28.1 Å². The first kappa shape index (κ1) is 20.0. The second-order valence-corrected chi connectivity index (χ2v) is 6.12. The summed E-state index contributed by atoms with van der Waals surface area (Å²) in [5, 5.41) is 20.5. The first-order chi connectivity index (χ1) is 13.6. The molecular weight excluding hydrogens is 395 g/mol. The maximum absolute atomic E-state index is 13.1. The predicted octanol–water partition coefficient (Wildman–Crippen LogP) is 3.72. The number of benzene rings is 1. The number of anilines is 1. The van der Waals surface area contributed by atoms with Crippen LogP contribution in [-0.4, -0.2) is 25.8 Å². The smallest absolute Gasteiger partial charge is 0.361 e. The normalized spacial score (nSPS) is 11.5. The van der Waals surface area contributed by atoms with Gasteiger partial charge in [-0.2, -0.15) is 17.9 Å².